The van der Waals surface area contributed by atoms with E-state index in [1.165, 1.54) is 109 Å². The maximum atomic E-state index is 12.1. The van der Waals surface area contributed by atoms with Gasteiger partial charge < -0.3 is 14.2 Å². The first-order valence-corrected chi connectivity index (χ1v) is 19.2. The lowest BCUT2D eigenvalue weighted by molar-refractivity contribution is -0.162. The second kappa shape index (κ2) is 38.6. The van der Waals surface area contributed by atoms with Gasteiger partial charge in [0.25, 0.3) is 0 Å². The smallest absolute Gasteiger partial charge is 0.330 e. The topological polar surface area (TPSA) is 78.9 Å². The van der Waals surface area contributed by atoms with Crippen LogP contribution in [0.15, 0.2) is 122 Å². The molecule has 0 rings (SSSR count). The van der Waals surface area contributed by atoms with Gasteiger partial charge >= 0.3 is 17.9 Å². The number of carbonyl (C=O) groups excluding carboxylic acids is 3. The van der Waals surface area contributed by atoms with Crippen molar-refractivity contribution in [2.45, 2.75) is 130 Å². The Kier molecular flexibility index (Phi) is 35.4. The van der Waals surface area contributed by atoms with Crippen LogP contribution in [0.5, 0.6) is 0 Å². The van der Waals surface area contributed by atoms with Crippen LogP contribution >= 0.6 is 0 Å². The highest BCUT2D eigenvalue weighted by Gasteiger charge is 2.16. The van der Waals surface area contributed by atoms with Crippen LogP contribution in [0.3, 0.4) is 0 Å². The van der Waals surface area contributed by atoms with Crippen LogP contribution in [0.1, 0.15) is 124 Å². The van der Waals surface area contributed by atoms with Gasteiger partial charge in [-0.1, -0.05) is 200 Å². The zero-order valence-electron chi connectivity index (χ0n) is 31.8. The number of rotatable bonds is 31. The highest BCUT2D eigenvalue weighted by Crippen LogP contribution is 2.09. The van der Waals surface area contributed by atoms with Crippen LogP contribution in [0.2, 0.25) is 0 Å². The monoisotopic (exact) mass is 702 g/mol. The zero-order chi connectivity index (χ0) is 37.3. The third kappa shape index (κ3) is 38.5. The van der Waals surface area contributed by atoms with Crippen molar-refractivity contribution in [3.63, 3.8) is 0 Å². The van der Waals surface area contributed by atoms with E-state index in [1.54, 1.807) is 36.5 Å². The van der Waals surface area contributed by atoms with E-state index in [2.05, 4.69) is 38.2 Å². The minimum absolute atomic E-state index is 0.243. The number of hydrogen-bond acceptors (Lipinski definition) is 6. The lowest BCUT2D eigenvalue weighted by atomic mass is 10.1. The highest BCUT2D eigenvalue weighted by molar-refractivity contribution is 5.82. The van der Waals surface area contributed by atoms with Crippen LogP contribution in [0.25, 0.3) is 0 Å². The number of unbranched alkanes of at least 4 members (excludes halogenated alkanes) is 14. The second-order valence-corrected chi connectivity index (χ2v) is 12.2. The zero-order valence-corrected chi connectivity index (χ0v) is 31.8. The maximum absolute atomic E-state index is 12.1. The van der Waals surface area contributed by atoms with Gasteiger partial charge in [0.05, 0.1) is 0 Å². The molecule has 0 spiro atoms. The fourth-order valence-corrected chi connectivity index (χ4v) is 4.62. The number of ether oxygens (including phenoxy) is 3. The quantitative estimate of drug-likeness (QED) is 0.0235. The number of carbonyl (C=O) groups is 3. The van der Waals surface area contributed by atoms with Crippen LogP contribution < -0.4 is 0 Å². The molecule has 0 aromatic rings. The van der Waals surface area contributed by atoms with E-state index in [-0.39, 0.29) is 13.2 Å². The molecule has 0 N–H and O–H groups in total. The first kappa shape index (κ1) is 46.8. The Morgan fingerprint density at radius 2 is 0.745 bits per heavy atom. The van der Waals surface area contributed by atoms with Crippen LogP contribution in [-0.2, 0) is 28.6 Å². The van der Waals surface area contributed by atoms with Gasteiger partial charge in [0, 0.05) is 19.1 Å². The molecule has 0 amide bonds. The summed E-state index contributed by atoms with van der Waals surface area (Å²) in [6.45, 7) is 5.24. The van der Waals surface area contributed by atoms with Crippen molar-refractivity contribution in [1.29, 1.82) is 0 Å². The Balaban J connectivity index is 4.23. The van der Waals surface area contributed by atoms with Gasteiger partial charge in [-0.3, -0.25) is 4.79 Å². The molecule has 0 saturated heterocycles. The van der Waals surface area contributed by atoms with Gasteiger partial charge in [0.1, 0.15) is 13.2 Å². The van der Waals surface area contributed by atoms with Gasteiger partial charge in [-0.25, -0.2) is 9.59 Å². The predicted molar refractivity (Wildman–Crippen MR) is 214 cm³/mol. The van der Waals surface area contributed by atoms with Crippen molar-refractivity contribution in [2.75, 3.05) is 13.2 Å². The minimum Gasteiger partial charge on any atom is -0.458 e. The van der Waals surface area contributed by atoms with Crippen molar-refractivity contribution >= 4 is 17.9 Å². The van der Waals surface area contributed by atoms with Gasteiger partial charge in [-0.05, 0) is 25.7 Å². The van der Waals surface area contributed by atoms with E-state index in [0.29, 0.717) is 0 Å². The number of esters is 3. The number of hydrogen-bond donors (Lipinski definition) is 0. The van der Waals surface area contributed by atoms with Crippen molar-refractivity contribution < 1.29 is 28.6 Å². The van der Waals surface area contributed by atoms with Crippen LogP contribution in [0, 0.1) is 0 Å². The first-order valence-electron chi connectivity index (χ1n) is 19.2. The first-order chi connectivity index (χ1) is 25.0. The molecular formula is C45H66O6. The van der Waals surface area contributed by atoms with Crippen molar-refractivity contribution in [3.8, 4) is 0 Å². The largest absolute Gasteiger partial charge is 0.458 e. The average molecular weight is 703 g/mol. The Morgan fingerprint density at radius 3 is 1.10 bits per heavy atom. The molecule has 6 heteroatoms. The van der Waals surface area contributed by atoms with E-state index >= 15 is 0 Å². The summed E-state index contributed by atoms with van der Waals surface area (Å²) in [4.78, 5) is 35.6. The van der Waals surface area contributed by atoms with Crippen molar-refractivity contribution in [2.24, 2.45) is 0 Å². The molecule has 0 aliphatic heterocycles. The van der Waals surface area contributed by atoms with Gasteiger partial charge in [0.2, 0.25) is 0 Å². The fraction of sp³-hybridized carbons (Fsp3) is 0.489. The third-order valence-electron chi connectivity index (χ3n) is 7.40. The van der Waals surface area contributed by atoms with Gasteiger partial charge in [-0.2, -0.15) is 0 Å². The molecule has 0 aromatic carbocycles. The van der Waals surface area contributed by atoms with Crippen LogP contribution in [-0.4, -0.2) is 37.2 Å². The highest BCUT2D eigenvalue weighted by atomic mass is 16.6. The summed E-state index contributed by atoms with van der Waals surface area (Å²) >= 11 is 0. The summed E-state index contributed by atoms with van der Waals surface area (Å²) in [6, 6.07) is 0. The SMILES string of the molecule is CCCCCCCCCC=CC=CC=CC=CC=CC(=O)OCC(COC(=O)C=CC=CC=CC=CC=CCCCCCCCCC)OC(C)=O. The molecule has 0 bridgehead atoms. The molecule has 0 radical (unpaired) electrons. The molecule has 0 aliphatic rings. The summed E-state index contributed by atoms with van der Waals surface area (Å²) in [5.41, 5.74) is 0. The number of allylic oxidation sites excluding steroid dienone is 18. The molecule has 0 heterocycles. The van der Waals surface area contributed by atoms with E-state index in [4.69, 9.17) is 14.2 Å². The van der Waals surface area contributed by atoms with Gasteiger partial charge in [0.15, 0.2) is 6.10 Å². The maximum Gasteiger partial charge on any atom is 0.330 e. The van der Waals surface area contributed by atoms with Gasteiger partial charge in [-0.15, -0.1) is 0 Å². The standard InChI is InChI=1S/C45H66O6/c1-4-6-8-10-12-14-16-18-20-22-24-26-28-30-32-34-36-38-44(47)49-40-43(51-42(3)46)41-50-45(48)39-37-35-33-31-29-27-25-23-21-19-17-15-13-11-9-7-5-2/h20-39,43H,4-19,40-41H2,1-3H3. The minimum atomic E-state index is -0.915. The molecule has 51 heavy (non-hydrogen) atoms. The van der Waals surface area contributed by atoms with E-state index in [0.717, 1.165) is 12.8 Å². The lowest BCUT2D eigenvalue weighted by Gasteiger charge is -2.16. The van der Waals surface area contributed by atoms with E-state index < -0.39 is 24.0 Å². The summed E-state index contributed by atoms with van der Waals surface area (Å²) in [7, 11) is 0. The third-order valence-corrected chi connectivity index (χ3v) is 7.40. The molecule has 0 unspecified atom stereocenters. The molecule has 6 nitrogen and oxygen atoms in total. The normalized spacial score (nSPS) is 13.4. The van der Waals surface area contributed by atoms with E-state index in [1.807, 2.05) is 48.6 Å². The molecule has 0 aromatic heterocycles. The fourth-order valence-electron chi connectivity index (χ4n) is 4.62. The summed E-state index contributed by atoms with van der Waals surface area (Å²) in [5.74, 6) is -1.78. The molecule has 0 aliphatic carbocycles. The second-order valence-electron chi connectivity index (χ2n) is 12.2. The molecule has 0 saturated carbocycles. The summed E-state index contributed by atoms with van der Waals surface area (Å²) < 4.78 is 15.4. The van der Waals surface area contributed by atoms with E-state index in [9.17, 15) is 14.4 Å². The Labute approximate surface area is 310 Å². The molecule has 0 atom stereocenters. The lowest BCUT2D eigenvalue weighted by Crippen LogP contribution is -2.29. The molecular weight excluding hydrogens is 636 g/mol. The Morgan fingerprint density at radius 1 is 0.431 bits per heavy atom. The predicted octanol–water partition coefficient (Wildman–Crippen LogP) is 11.8. The van der Waals surface area contributed by atoms with Crippen LogP contribution in [0.4, 0.5) is 0 Å². The average Bonchev–Trinajstić information content (AvgIpc) is 3.11. The summed E-state index contributed by atoms with van der Waals surface area (Å²) in [5, 5.41) is 0. The Bertz CT molecular complexity index is 1090. The molecule has 0 fully saturated rings. The van der Waals surface area contributed by atoms with Crippen molar-refractivity contribution in [1.82, 2.24) is 0 Å². The summed E-state index contributed by atoms with van der Waals surface area (Å²) in [6.07, 6.45) is 56.4. The molecule has 282 valence electrons. The Hall–Kier alpha value is -4.19. The van der Waals surface area contributed by atoms with Crippen molar-refractivity contribution in [3.05, 3.63) is 122 Å².